The van der Waals surface area contributed by atoms with Gasteiger partial charge in [-0.15, -0.1) is 0 Å². The first-order valence-electron chi connectivity index (χ1n) is 5.71. The first-order chi connectivity index (χ1) is 8.13. The minimum Gasteiger partial charge on any atom is -0.383 e. The smallest absolute Gasteiger partial charge is 0.221 e. The second-order valence-electron chi connectivity index (χ2n) is 4.08. The predicted octanol–water partition coefficient (Wildman–Crippen LogP) is 1.77. The fraction of sp³-hybridized carbons (Fsp3) is 0.462. The van der Waals surface area contributed by atoms with Gasteiger partial charge in [0.2, 0.25) is 5.91 Å². The zero-order valence-corrected chi connectivity index (χ0v) is 10.6. The Morgan fingerprint density at radius 1 is 1.41 bits per heavy atom. The van der Waals surface area contributed by atoms with Gasteiger partial charge in [0.1, 0.15) is 0 Å². The van der Waals surface area contributed by atoms with Crippen LogP contribution in [0.15, 0.2) is 24.3 Å². The maximum absolute atomic E-state index is 11.1. The number of anilines is 1. The molecule has 0 aliphatic carbocycles. The van der Waals surface area contributed by atoms with E-state index < -0.39 is 0 Å². The Balaban J connectivity index is 2.60. The van der Waals surface area contributed by atoms with Crippen LogP contribution in [0.3, 0.4) is 0 Å². The van der Waals surface area contributed by atoms with E-state index in [0.717, 1.165) is 11.3 Å². The van der Waals surface area contributed by atoms with E-state index in [0.29, 0.717) is 13.2 Å². The van der Waals surface area contributed by atoms with Gasteiger partial charge >= 0.3 is 0 Å². The van der Waals surface area contributed by atoms with Gasteiger partial charge in [-0.05, 0) is 18.6 Å². The van der Waals surface area contributed by atoms with Gasteiger partial charge in [0.15, 0.2) is 0 Å². The Morgan fingerprint density at radius 2 is 2.12 bits per heavy atom. The van der Waals surface area contributed by atoms with Gasteiger partial charge in [0, 0.05) is 32.3 Å². The van der Waals surface area contributed by atoms with E-state index in [-0.39, 0.29) is 11.9 Å². The molecule has 0 heterocycles. The maximum atomic E-state index is 11.1. The van der Waals surface area contributed by atoms with Gasteiger partial charge in [0.05, 0.1) is 6.61 Å². The largest absolute Gasteiger partial charge is 0.383 e. The first kappa shape index (κ1) is 13.7. The van der Waals surface area contributed by atoms with Crippen LogP contribution < -0.4 is 10.6 Å². The summed E-state index contributed by atoms with van der Waals surface area (Å²) in [6, 6.07) is 8.05. The molecule has 17 heavy (non-hydrogen) atoms. The summed E-state index contributed by atoms with van der Waals surface area (Å²) < 4.78 is 5.05. The quantitative estimate of drug-likeness (QED) is 0.791. The van der Waals surface area contributed by atoms with Crippen LogP contribution in [0.5, 0.6) is 0 Å². The van der Waals surface area contributed by atoms with Gasteiger partial charge in [-0.1, -0.05) is 18.2 Å². The number of para-hydroxylation sites is 1. The summed E-state index contributed by atoms with van der Waals surface area (Å²) >= 11 is 0. The minimum absolute atomic E-state index is 0.0533. The molecular weight excluding hydrogens is 216 g/mol. The lowest BCUT2D eigenvalue weighted by Crippen LogP contribution is -2.29. The molecule has 0 aromatic heterocycles. The number of rotatable bonds is 6. The Hall–Kier alpha value is -1.39. The van der Waals surface area contributed by atoms with Crippen molar-refractivity contribution in [2.24, 2.45) is 0 Å². The van der Waals surface area contributed by atoms with Crippen LogP contribution in [0.2, 0.25) is 0 Å². The molecule has 0 spiro atoms. The van der Waals surface area contributed by atoms with E-state index in [1.807, 2.05) is 24.3 Å². The van der Waals surface area contributed by atoms with Crippen LogP contribution in [-0.4, -0.2) is 25.7 Å². The third-order valence-corrected chi connectivity index (χ3v) is 2.39. The lowest BCUT2D eigenvalue weighted by molar-refractivity contribution is -0.114. The highest BCUT2D eigenvalue weighted by Gasteiger charge is 2.05. The summed E-state index contributed by atoms with van der Waals surface area (Å²) in [5, 5.41) is 6.16. The topological polar surface area (TPSA) is 50.4 Å². The molecule has 0 aliphatic rings. The fourth-order valence-corrected chi connectivity index (χ4v) is 1.58. The molecule has 4 heteroatoms. The number of hydrogen-bond acceptors (Lipinski definition) is 3. The molecule has 0 radical (unpaired) electrons. The van der Waals surface area contributed by atoms with E-state index >= 15 is 0 Å². The number of carbonyl (C=O) groups is 1. The van der Waals surface area contributed by atoms with Crippen LogP contribution in [0, 0.1) is 0 Å². The highest BCUT2D eigenvalue weighted by Crippen LogP contribution is 2.14. The highest BCUT2D eigenvalue weighted by molar-refractivity contribution is 5.89. The summed E-state index contributed by atoms with van der Waals surface area (Å²) in [4.78, 5) is 11.1. The third-order valence-electron chi connectivity index (χ3n) is 2.39. The van der Waals surface area contributed by atoms with Gasteiger partial charge in [-0.3, -0.25) is 4.79 Å². The molecule has 0 bridgehead atoms. The van der Waals surface area contributed by atoms with Crippen molar-refractivity contribution < 1.29 is 9.53 Å². The summed E-state index contributed by atoms with van der Waals surface area (Å²) in [6.45, 7) is 4.95. The van der Waals surface area contributed by atoms with Crippen LogP contribution in [0.1, 0.15) is 19.4 Å². The summed E-state index contributed by atoms with van der Waals surface area (Å²) in [5.41, 5.74) is 1.93. The highest BCUT2D eigenvalue weighted by atomic mass is 16.5. The molecule has 0 saturated carbocycles. The predicted molar refractivity (Wildman–Crippen MR) is 68.9 cm³/mol. The number of ether oxygens (including phenoxy) is 1. The van der Waals surface area contributed by atoms with Gasteiger partial charge in [-0.25, -0.2) is 0 Å². The number of benzene rings is 1. The molecule has 1 amide bonds. The van der Waals surface area contributed by atoms with E-state index in [9.17, 15) is 4.79 Å². The van der Waals surface area contributed by atoms with Crippen LogP contribution in [0.25, 0.3) is 0 Å². The number of amides is 1. The Morgan fingerprint density at radius 3 is 2.76 bits per heavy atom. The van der Waals surface area contributed by atoms with E-state index in [1.54, 1.807) is 7.11 Å². The van der Waals surface area contributed by atoms with Crippen molar-refractivity contribution >= 4 is 11.6 Å². The van der Waals surface area contributed by atoms with Crippen LogP contribution in [-0.2, 0) is 16.1 Å². The minimum atomic E-state index is -0.0533. The Bertz CT molecular complexity index is 366. The molecule has 1 rings (SSSR count). The number of carbonyl (C=O) groups excluding carboxylic acids is 1. The van der Waals surface area contributed by atoms with Crippen molar-refractivity contribution in [2.45, 2.75) is 26.4 Å². The molecule has 1 aromatic carbocycles. The second-order valence-corrected chi connectivity index (χ2v) is 4.08. The van der Waals surface area contributed by atoms with Crippen molar-refractivity contribution in [1.29, 1.82) is 0 Å². The second kappa shape index (κ2) is 7.04. The number of hydrogen-bond donors (Lipinski definition) is 2. The SMILES string of the molecule is COCC(C)NCc1ccccc1NC(C)=O. The third kappa shape index (κ3) is 4.97. The van der Waals surface area contributed by atoms with Gasteiger partial charge in [0.25, 0.3) is 0 Å². The van der Waals surface area contributed by atoms with E-state index in [4.69, 9.17) is 4.74 Å². The van der Waals surface area contributed by atoms with Crippen molar-refractivity contribution in [2.75, 3.05) is 19.0 Å². The zero-order valence-electron chi connectivity index (χ0n) is 10.6. The molecule has 0 fully saturated rings. The lowest BCUT2D eigenvalue weighted by Gasteiger charge is -2.15. The first-order valence-corrected chi connectivity index (χ1v) is 5.71. The van der Waals surface area contributed by atoms with Crippen molar-refractivity contribution in [3.8, 4) is 0 Å². The molecule has 1 aromatic rings. The van der Waals surface area contributed by atoms with Gasteiger partial charge < -0.3 is 15.4 Å². The molecule has 1 unspecified atom stereocenters. The Labute approximate surface area is 102 Å². The Kier molecular flexibility index (Phi) is 5.66. The summed E-state index contributed by atoms with van der Waals surface area (Å²) in [6.07, 6.45) is 0. The van der Waals surface area contributed by atoms with E-state index in [1.165, 1.54) is 6.92 Å². The number of methoxy groups -OCH3 is 1. The molecule has 0 aliphatic heterocycles. The van der Waals surface area contributed by atoms with E-state index in [2.05, 4.69) is 17.6 Å². The zero-order chi connectivity index (χ0) is 12.7. The molecule has 2 N–H and O–H groups in total. The lowest BCUT2D eigenvalue weighted by atomic mass is 10.1. The van der Waals surface area contributed by atoms with Crippen molar-refractivity contribution in [3.63, 3.8) is 0 Å². The van der Waals surface area contributed by atoms with Crippen molar-refractivity contribution in [3.05, 3.63) is 29.8 Å². The monoisotopic (exact) mass is 236 g/mol. The number of nitrogens with one attached hydrogen (secondary N) is 2. The standard InChI is InChI=1S/C13H20N2O2/c1-10(9-17-3)14-8-12-6-4-5-7-13(12)15-11(2)16/h4-7,10,14H,8-9H2,1-3H3,(H,15,16). The summed E-state index contributed by atoms with van der Waals surface area (Å²) in [5.74, 6) is -0.0533. The average molecular weight is 236 g/mol. The van der Waals surface area contributed by atoms with Crippen LogP contribution >= 0.6 is 0 Å². The van der Waals surface area contributed by atoms with Crippen molar-refractivity contribution in [1.82, 2.24) is 5.32 Å². The van der Waals surface area contributed by atoms with Crippen LogP contribution in [0.4, 0.5) is 5.69 Å². The summed E-state index contributed by atoms with van der Waals surface area (Å²) in [7, 11) is 1.68. The average Bonchev–Trinajstić information content (AvgIpc) is 2.27. The molecule has 4 nitrogen and oxygen atoms in total. The molecule has 1 atom stereocenters. The molecular formula is C13H20N2O2. The normalized spacial score (nSPS) is 12.2. The van der Waals surface area contributed by atoms with Gasteiger partial charge in [-0.2, -0.15) is 0 Å². The molecule has 94 valence electrons. The molecule has 0 saturated heterocycles. The fourth-order valence-electron chi connectivity index (χ4n) is 1.58. The maximum Gasteiger partial charge on any atom is 0.221 e.